The van der Waals surface area contributed by atoms with Crippen LogP contribution in [0, 0.1) is 0 Å². The van der Waals surface area contributed by atoms with E-state index in [1.807, 2.05) is 0 Å². The van der Waals surface area contributed by atoms with Crippen molar-refractivity contribution in [3.63, 3.8) is 0 Å². The van der Waals surface area contributed by atoms with Gasteiger partial charge in [-0.3, -0.25) is 4.21 Å². The van der Waals surface area contributed by atoms with Crippen molar-refractivity contribution in [1.29, 1.82) is 0 Å². The molecule has 2 aromatic rings. The van der Waals surface area contributed by atoms with Gasteiger partial charge >= 0.3 is 0 Å². The zero-order chi connectivity index (χ0) is 13.8. The van der Waals surface area contributed by atoms with Gasteiger partial charge in [0.1, 0.15) is 5.75 Å². The molecule has 2 aromatic carbocycles. The van der Waals surface area contributed by atoms with Gasteiger partial charge in [0.05, 0.1) is 23.7 Å². The summed E-state index contributed by atoms with van der Waals surface area (Å²) in [5.41, 5.74) is 7.14. The first-order chi connectivity index (χ1) is 9.11. The van der Waals surface area contributed by atoms with Crippen LogP contribution in [0.25, 0.3) is 0 Å². The van der Waals surface area contributed by atoms with Crippen LogP contribution in [0.3, 0.4) is 0 Å². The Morgan fingerprint density at radius 3 is 2.47 bits per heavy atom. The molecular weight excluding hydrogens is 282 g/mol. The fourth-order valence-corrected chi connectivity index (χ4v) is 3.19. The molecule has 0 heterocycles. The Kier molecular flexibility index (Phi) is 4.45. The van der Waals surface area contributed by atoms with Crippen molar-refractivity contribution in [3.05, 3.63) is 53.1 Å². The Balaban J connectivity index is 2.20. The summed E-state index contributed by atoms with van der Waals surface area (Å²) in [6.45, 7) is 0. The highest BCUT2D eigenvalue weighted by molar-refractivity contribution is 7.84. The van der Waals surface area contributed by atoms with Crippen molar-refractivity contribution in [2.45, 2.75) is 10.6 Å². The molecule has 0 aliphatic carbocycles. The number of anilines is 1. The molecule has 3 nitrogen and oxygen atoms in total. The Labute approximate surface area is 119 Å². The number of methoxy groups -OCH3 is 1. The van der Waals surface area contributed by atoms with Gasteiger partial charge in [0.15, 0.2) is 0 Å². The number of ether oxygens (including phenoxy) is 1. The Bertz CT molecular complexity index is 579. The van der Waals surface area contributed by atoms with Crippen molar-refractivity contribution in [1.82, 2.24) is 0 Å². The molecular formula is C14H14ClNO2S. The first-order valence-electron chi connectivity index (χ1n) is 5.67. The van der Waals surface area contributed by atoms with Gasteiger partial charge in [-0.25, -0.2) is 0 Å². The van der Waals surface area contributed by atoms with Crippen molar-refractivity contribution in [3.8, 4) is 5.75 Å². The lowest BCUT2D eigenvalue weighted by atomic mass is 10.2. The van der Waals surface area contributed by atoms with Crippen LogP contribution in [-0.2, 0) is 16.6 Å². The molecule has 0 saturated carbocycles. The normalized spacial score (nSPS) is 12.1. The van der Waals surface area contributed by atoms with Crippen molar-refractivity contribution < 1.29 is 8.95 Å². The zero-order valence-electron chi connectivity index (χ0n) is 10.4. The summed E-state index contributed by atoms with van der Waals surface area (Å²) in [6.07, 6.45) is 0. The molecule has 0 bridgehead atoms. The molecule has 0 radical (unpaired) electrons. The molecule has 0 fully saturated rings. The fourth-order valence-electron chi connectivity index (χ4n) is 1.67. The molecule has 5 heteroatoms. The summed E-state index contributed by atoms with van der Waals surface area (Å²) in [7, 11) is 0.408. The lowest BCUT2D eigenvalue weighted by Crippen LogP contribution is -2.01. The van der Waals surface area contributed by atoms with E-state index >= 15 is 0 Å². The fraction of sp³-hybridized carbons (Fsp3) is 0.143. The first kappa shape index (κ1) is 13.9. The van der Waals surface area contributed by atoms with Gasteiger partial charge in [-0.15, -0.1) is 0 Å². The van der Waals surface area contributed by atoms with Crippen molar-refractivity contribution >= 4 is 28.1 Å². The average Bonchev–Trinajstić information content (AvgIpc) is 2.43. The molecule has 0 aliphatic heterocycles. The Morgan fingerprint density at radius 1 is 1.21 bits per heavy atom. The van der Waals surface area contributed by atoms with Gasteiger partial charge in [0.25, 0.3) is 0 Å². The van der Waals surface area contributed by atoms with Gasteiger partial charge < -0.3 is 10.5 Å². The Morgan fingerprint density at radius 2 is 1.89 bits per heavy atom. The van der Waals surface area contributed by atoms with E-state index in [-0.39, 0.29) is 0 Å². The number of halogens is 1. The summed E-state index contributed by atoms with van der Waals surface area (Å²) >= 11 is 6.07. The maximum atomic E-state index is 12.3. The third kappa shape index (κ3) is 3.28. The first-order valence-corrected chi connectivity index (χ1v) is 7.37. The predicted molar refractivity (Wildman–Crippen MR) is 79.0 cm³/mol. The van der Waals surface area contributed by atoms with E-state index in [9.17, 15) is 4.21 Å². The second-order valence-corrected chi connectivity index (χ2v) is 5.83. The van der Waals surface area contributed by atoms with Crippen LogP contribution in [0.5, 0.6) is 5.75 Å². The summed E-state index contributed by atoms with van der Waals surface area (Å²) < 4.78 is 17.3. The van der Waals surface area contributed by atoms with E-state index in [2.05, 4.69) is 0 Å². The summed E-state index contributed by atoms with van der Waals surface area (Å²) in [5, 5.41) is 0.543. The highest BCUT2D eigenvalue weighted by Crippen LogP contribution is 2.25. The number of nitrogens with two attached hydrogens (primary N) is 1. The summed E-state index contributed by atoms with van der Waals surface area (Å²) in [5.74, 6) is 1.04. The van der Waals surface area contributed by atoms with E-state index in [0.717, 1.165) is 16.2 Å². The molecule has 0 amide bonds. The molecule has 2 rings (SSSR count). The molecule has 0 spiro atoms. The van der Waals surface area contributed by atoms with E-state index in [1.165, 1.54) is 0 Å². The number of rotatable bonds is 4. The number of benzene rings is 2. The van der Waals surface area contributed by atoms with Crippen LogP contribution >= 0.6 is 11.6 Å². The Hall–Kier alpha value is -1.52. The highest BCUT2D eigenvalue weighted by atomic mass is 35.5. The highest BCUT2D eigenvalue weighted by Gasteiger charge is 2.11. The van der Waals surface area contributed by atoms with Crippen molar-refractivity contribution in [2.24, 2.45) is 0 Å². The number of nitrogen functional groups attached to an aromatic ring is 1. The minimum atomic E-state index is -1.19. The van der Waals surface area contributed by atoms with Crippen LogP contribution in [-0.4, -0.2) is 11.3 Å². The maximum absolute atomic E-state index is 12.3. The lowest BCUT2D eigenvalue weighted by Gasteiger charge is -2.08. The van der Waals surface area contributed by atoms with Crippen LogP contribution in [0.4, 0.5) is 5.69 Å². The van der Waals surface area contributed by atoms with Crippen LogP contribution in [0.2, 0.25) is 5.02 Å². The third-order valence-electron chi connectivity index (χ3n) is 2.75. The van der Waals surface area contributed by atoms with Crippen molar-refractivity contribution in [2.75, 3.05) is 12.8 Å². The van der Waals surface area contributed by atoms with E-state index in [4.69, 9.17) is 22.1 Å². The zero-order valence-corrected chi connectivity index (χ0v) is 12.0. The number of hydrogen-bond donors (Lipinski definition) is 1. The van der Waals surface area contributed by atoms with E-state index in [1.54, 1.807) is 49.6 Å². The average molecular weight is 296 g/mol. The monoisotopic (exact) mass is 295 g/mol. The molecule has 100 valence electrons. The summed E-state index contributed by atoms with van der Waals surface area (Å²) in [6, 6.07) is 12.4. The molecule has 1 unspecified atom stereocenters. The topological polar surface area (TPSA) is 52.3 Å². The second-order valence-electron chi connectivity index (χ2n) is 3.97. The molecule has 19 heavy (non-hydrogen) atoms. The van der Waals surface area contributed by atoms with Crippen LogP contribution in [0.1, 0.15) is 5.56 Å². The predicted octanol–water partition coefficient (Wildman–Crippen LogP) is 3.24. The van der Waals surface area contributed by atoms with Gasteiger partial charge in [-0.2, -0.15) is 0 Å². The molecule has 1 atom stereocenters. The minimum Gasteiger partial charge on any atom is -0.497 e. The quantitative estimate of drug-likeness (QED) is 0.881. The largest absolute Gasteiger partial charge is 0.497 e. The smallest absolute Gasteiger partial charge is 0.118 e. The van der Waals surface area contributed by atoms with E-state index < -0.39 is 10.8 Å². The standard InChI is InChI=1S/C14H14ClNO2S/c1-18-10-5-7-11(8-6-10)19(17)9-12-13(15)3-2-4-14(12)16/h2-8H,9,16H2,1H3. The molecule has 2 N–H and O–H groups in total. The third-order valence-corrected chi connectivity index (χ3v) is 4.46. The van der Waals surface area contributed by atoms with Gasteiger partial charge in [0.2, 0.25) is 0 Å². The number of hydrogen-bond acceptors (Lipinski definition) is 3. The van der Waals surface area contributed by atoms with E-state index in [0.29, 0.717) is 16.5 Å². The molecule has 0 saturated heterocycles. The van der Waals surface area contributed by atoms with Gasteiger partial charge in [-0.05, 0) is 36.4 Å². The lowest BCUT2D eigenvalue weighted by molar-refractivity contribution is 0.414. The van der Waals surface area contributed by atoms with Crippen LogP contribution in [0.15, 0.2) is 47.4 Å². The SMILES string of the molecule is COc1ccc(S(=O)Cc2c(N)cccc2Cl)cc1. The van der Waals surface area contributed by atoms with Gasteiger partial charge in [0, 0.05) is 21.2 Å². The molecule has 0 aromatic heterocycles. The minimum absolute atomic E-state index is 0.303. The second kappa shape index (κ2) is 6.08. The van der Waals surface area contributed by atoms with Gasteiger partial charge in [-0.1, -0.05) is 17.7 Å². The van der Waals surface area contributed by atoms with Crippen LogP contribution < -0.4 is 10.5 Å². The summed E-state index contributed by atoms with van der Waals surface area (Å²) in [4.78, 5) is 0.722. The molecule has 0 aliphatic rings. The maximum Gasteiger partial charge on any atom is 0.118 e.